The standard InChI is InChI=1S/C22H28N4O5S/c1-24-12-14-25(15-13-24)32(29,30)18-9-7-17(8-10-18)23-21(27)19-5-2-3-11-26(19)22(28)20-6-4-16-31-20/h4,6-10,16,19H,2-3,5,11-15H2,1H3,(H,23,27). The van der Waals surface area contributed by atoms with Gasteiger partial charge in [-0.3, -0.25) is 9.59 Å². The Kier molecular flexibility index (Phi) is 6.63. The van der Waals surface area contributed by atoms with Crippen molar-refractivity contribution in [3.63, 3.8) is 0 Å². The molecule has 1 N–H and O–H groups in total. The van der Waals surface area contributed by atoms with E-state index in [4.69, 9.17) is 4.42 Å². The minimum atomic E-state index is -3.57. The summed E-state index contributed by atoms with van der Waals surface area (Å²) in [5.74, 6) is -0.383. The SMILES string of the molecule is CN1CCN(S(=O)(=O)c2ccc(NC(=O)C3CCCCN3C(=O)c3ccco3)cc2)CC1. The lowest BCUT2D eigenvalue weighted by atomic mass is 10.0. The predicted octanol–water partition coefficient (Wildman–Crippen LogP) is 1.85. The van der Waals surface area contributed by atoms with E-state index in [1.165, 1.54) is 22.7 Å². The Morgan fingerprint density at radius 1 is 1.00 bits per heavy atom. The molecule has 1 atom stereocenters. The van der Waals surface area contributed by atoms with E-state index in [2.05, 4.69) is 10.2 Å². The molecule has 172 valence electrons. The second-order valence-electron chi connectivity index (χ2n) is 8.21. The number of piperazine rings is 1. The smallest absolute Gasteiger partial charge is 0.290 e. The van der Waals surface area contributed by atoms with Crippen molar-refractivity contribution < 1.29 is 22.4 Å². The largest absolute Gasteiger partial charge is 0.459 e. The van der Waals surface area contributed by atoms with Crippen molar-refractivity contribution in [2.24, 2.45) is 0 Å². The van der Waals surface area contributed by atoms with Gasteiger partial charge in [-0.05, 0) is 62.7 Å². The van der Waals surface area contributed by atoms with Crippen molar-refractivity contribution in [2.45, 2.75) is 30.2 Å². The van der Waals surface area contributed by atoms with Crippen molar-refractivity contribution in [1.82, 2.24) is 14.1 Å². The number of amides is 2. The fraction of sp³-hybridized carbons (Fsp3) is 0.455. The average Bonchev–Trinajstić information content (AvgIpc) is 3.34. The molecule has 2 amide bonds. The highest BCUT2D eigenvalue weighted by atomic mass is 32.2. The summed E-state index contributed by atoms with van der Waals surface area (Å²) in [6.07, 6.45) is 3.68. The van der Waals surface area contributed by atoms with Crippen molar-refractivity contribution in [3.05, 3.63) is 48.4 Å². The van der Waals surface area contributed by atoms with Crippen LogP contribution in [0.15, 0.2) is 52.0 Å². The number of hydrogen-bond acceptors (Lipinski definition) is 6. The molecule has 3 heterocycles. The third kappa shape index (κ3) is 4.72. The van der Waals surface area contributed by atoms with Gasteiger partial charge in [-0.25, -0.2) is 8.42 Å². The molecule has 1 aromatic carbocycles. The van der Waals surface area contributed by atoms with Crippen LogP contribution in [-0.4, -0.2) is 80.2 Å². The Balaban J connectivity index is 1.43. The number of carbonyl (C=O) groups is 2. The van der Waals surface area contributed by atoms with Crippen LogP contribution in [0.3, 0.4) is 0 Å². The number of nitrogens with one attached hydrogen (secondary N) is 1. The Labute approximate surface area is 188 Å². The maximum atomic E-state index is 12.9. The quantitative estimate of drug-likeness (QED) is 0.731. The Hall–Kier alpha value is -2.69. The van der Waals surface area contributed by atoms with Crippen molar-refractivity contribution >= 4 is 27.5 Å². The Morgan fingerprint density at radius 2 is 1.72 bits per heavy atom. The van der Waals surface area contributed by atoms with Gasteiger partial charge in [-0.1, -0.05) is 0 Å². The number of likely N-dealkylation sites (N-methyl/N-ethyl adjacent to an activating group) is 1. The fourth-order valence-electron chi connectivity index (χ4n) is 4.10. The zero-order valence-corrected chi connectivity index (χ0v) is 18.9. The van der Waals surface area contributed by atoms with E-state index in [0.717, 1.165) is 12.8 Å². The predicted molar refractivity (Wildman–Crippen MR) is 119 cm³/mol. The molecule has 2 aliphatic rings. The van der Waals surface area contributed by atoms with E-state index in [0.29, 0.717) is 44.8 Å². The van der Waals surface area contributed by atoms with E-state index in [1.807, 2.05) is 7.05 Å². The van der Waals surface area contributed by atoms with Crippen molar-refractivity contribution in [2.75, 3.05) is 45.1 Å². The highest BCUT2D eigenvalue weighted by Gasteiger charge is 2.34. The normalized spacial score (nSPS) is 20.8. The molecule has 2 fully saturated rings. The second-order valence-corrected chi connectivity index (χ2v) is 10.1. The molecular weight excluding hydrogens is 432 g/mol. The second kappa shape index (κ2) is 9.43. The van der Waals surface area contributed by atoms with Crippen LogP contribution in [0.4, 0.5) is 5.69 Å². The number of carbonyl (C=O) groups excluding carboxylic acids is 2. The van der Waals surface area contributed by atoms with Crippen LogP contribution in [0.5, 0.6) is 0 Å². The van der Waals surface area contributed by atoms with Crippen LogP contribution in [0.2, 0.25) is 0 Å². The summed E-state index contributed by atoms with van der Waals surface area (Å²) in [5.41, 5.74) is 0.489. The number of likely N-dealkylation sites (tertiary alicyclic amines) is 1. The molecule has 10 heteroatoms. The lowest BCUT2D eigenvalue weighted by Gasteiger charge is -2.34. The minimum absolute atomic E-state index is 0.201. The third-order valence-corrected chi connectivity index (χ3v) is 7.93. The lowest BCUT2D eigenvalue weighted by molar-refractivity contribution is -0.121. The summed E-state index contributed by atoms with van der Waals surface area (Å²) >= 11 is 0. The first kappa shape index (κ1) is 22.5. The van der Waals surface area contributed by atoms with Gasteiger partial charge in [0, 0.05) is 38.4 Å². The first-order valence-electron chi connectivity index (χ1n) is 10.8. The highest BCUT2D eigenvalue weighted by molar-refractivity contribution is 7.89. The molecule has 2 aliphatic heterocycles. The maximum absolute atomic E-state index is 12.9. The summed E-state index contributed by atoms with van der Waals surface area (Å²) < 4.78 is 32.4. The molecule has 4 rings (SSSR count). The van der Waals surface area contributed by atoms with Gasteiger partial charge in [0.05, 0.1) is 11.2 Å². The van der Waals surface area contributed by atoms with Crippen LogP contribution in [0.25, 0.3) is 0 Å². The number of hydrogen-bond donors (Lipinski definition) is 1. The van der Waals surface area contributed by atoms with Gasteiger partial charge in [0.25, 0.3) is 5.91 Å². The van der Waals surface area contributed by atoms with Gasteiger partial charge in [-0.2, -0.15) is 4.31 Å². The maximum Gasteiger partial charge on any atom is 0.290 e. The van der Waals surface area contributed by atoms with E-state index in [-0.39, 0.29) is 22.5 Å². The first-order valence-corrected chi connectivity index (χ1v) is 12.2. The van der Waals surface area contributed by atoms with Gasteiger partial charge in [0.15, 0.2) is 5.76 Å². The lowest BCUT2D eigenvalue weighted by Crippen LogP contribution is -2.49. The zero-order valence-electron chi connectivity index (χ0n) is 18.1. The molecule has 1 aromatic heterocycles. The summed E-state index contributed by atoms with van der Waals surface area (Å²) in [6.45, 7) is 2.79. The number of piperidine rings is 1. The molecule has 0 saturated carbocycles. The minimum Gasteiger partial charge on any atom is -0.459 e. The zero-order chi connectivity index (χ0) is 22.7. The fourth-order valence-corrected chi connectivity index (χ4v) is 5.52. The summed E-state index contributed by atoms with van der Waals surface area (Å²) in [4.78, 5) is 29.5. The van der Waals surface area contributed by atoms with E-state index in [1.54, 1.807) is 29.2 Å². The summed E-state index contributed by atoms with van der Waals surface area (Å²) in [5, 5.41) is 2.83. The third-order valence-electron chi connectivity index (χ3n) is 6.02. The van der Waals surface area contributed by atoms with Crippen LogP contribution >= 0.6 is 0 Å². The van der Waals surface area contributed by atoms with Gasteiger partial charge in [0.2, 0.25) is 15.9 Å². The topological polar surface area (TPSA) is 103 Å². The van der Waals surface area contributed by atoms with Crippen LogP contribution in [0, 0.1) is 0 Å². The molecule has 2 saturated heterocycles. The van der Waals surface area contributed by atoms with Crippen LogP contribution in [-0.2, 0) is 14.8 Å². The van der Waals surface area contributed by atoms with Crippen molar-refractivity contribution in [1.29, 1.82) is 0 Å². The Bertz CT molecular complexity index is 1040. The highest BCUT2D eigenvalue weighted by Crippen LogP contribution is 2.23. The number of benzene rings is 1. The molecule has 32 heavy (non-hydrogen) atoms. The molecule has 0 radical (unpaired) electrons. The molecule has 0 spiro atoms. The summed E-state index contributed by atoms with van der Waals surface area (Å²) in [7, 11) is -1.60. The number of sulfonamides is 1. The van der Waals surface area contributed by atoms with E-state index in [9.17, 15) is 18.0 Å². The number of rotatable bonds is 5. The van der Waals surface area contributed by atoms with E-state index < -0.39 is 16.1 Å². The molecule has 9 nitrogen and oxygen atoms in total. The van der Waals surface area contributed by atoms with Gasteiger partial charge >= 0.3 is 0 Å². The van der Waals surface area contributed by atoms with Crippen LogP contribution in [0.1, 0.15) is 29.8 Å². The molecule has 0 aliphatic carbocycles. The van der Waals surface area contributed by atoms with E-state index >= 15 is 0 Å². The average molecular weight is 461 g/mol. The monoisotopic (exact) mass is 460 g/mol. The number of anilines is 1. The Morgan fingerprint density at radius 3 is 2.38 bits per heavy atom. The molecule has 1 unspecified atom stereocenters. The number of furan rings is 1. The van der Waals surface area contributed by atoms with Crippen LogP contribution < -0.4 is 5.32 Å². The first-order chi connectivity index (χ1) is 15.4. The van der Waals surface area contributed by atoms with Crippen molar-refractivity contribution in [3.8, 4) is 0 Å². The van der Waals surface area contributed by atoms with Gasteiger partial charge < -0.3 is 19.5 Å². The molecule has 2 aromatic rings. The molecule has 0 bridgehead atoms. The summed E-state index contributed by atoms with van der Waals surface area (Å²) in [6, 6.07) is 8.82. The van der Waals surface area contributed by atoms with Gasteiger partial charge in [0.1, 0.15) is 6.04 Å². The molecular formula is C22H28N4O5S. The number of nitrogens with zero attached hydrogens (tertiary/aromatic N) is 3. The van der Waals surface area contributed by atoms with Gasteiger partial charge in [-0.15, -0.1) is 0 Å².